The number of carbonyl (C=O) groups excluding carboxylic acids is 1. The van der Waals surface area contributed by atoms with Crippen LogP contribution in [-0.4, -0.2) is 19.1 Å². The van der Waals surface area contributed by atoms with Gasteiger partial charge in [0.15, 0.2) is 11.5 Å². The molecule has 23 heavy (non-hydrogen) atoms. The Morgan fingerprint density at radius 2 is 1.91 bits per heavy atom. The average Bonchev–Trinajstić information content (AvgIpc) is 2.59. The number of ether oxygens (including phenoxy) is 2. The van der Waals surface area contributed by atoms with Crippen molar-refractivity contribution >= 4 is 5.91 Å². The van der Waals surface area contributed by atoms with Gasteiger partial charge in [0.05, 0.1) is 11.6 Å². The standard InChI is InChI=1S/C18H18FNO3/c1-2-15(20-18(21)13-5-3-4-6-14(13)19)12-7-8-16-17(11-12)23-10-9-22-16/h3-8,11,15H,2,9-10H2,1H3,(H,20,21). The smallest absolute Gasteiger partial charge is 0.254 e. The van der Waals surface area contributed by atoms with Crippen LogP contribution in [0.4, 0.5) is 4.39 Å². The van der Waals surface area contributed by atoms with E-state index < -0.39 is 11.7 Å². The van der Waals surface area contributed by atoms with Gasteiger partial charge in [0, 0.05) is 0 Å². The fourth-order valence-electron chi connectivity index (χ4n) is 2.58. The molecule has 1 heterocycles. The van der Waals surface area contributed by atoms with Crippen LogP contribution in [0.15, 0.2) is 42.5 Å². The van der Waals surface area contributed by atoms with Gasteiger partial charge in [-0.05, 0) is 36.2 Å². The minimum atomic E-state index is -0.526. The number of nitrogens with one attached hydrogen (secondary N) is 1. The second kappa shape index (κ2) is 6.69. The van der Waals surface area contributed by atoms with Crippen molar-refractivity contribution in [3.63, 3.8) is 0 Å². The first-order valence-electron chi connectivity index (χ1n) is 7.64. The van der Waals surface area contributed by atoms with Crippen LogP contribution >= 0.6 is 0 Å². The first-order valence-corrected chi connectivity index (χ1v) is 7.64. The van der Waals surface area contributed by atoms with Gasteiger partial charge in [-0.1, -0.05) is 25.1 Å². The van der Waals surface area contributed by atoms with Crippen molar-refractivity contribution in [3.8, 4) is 11.5 Å². The summed E-state index contributed by atoms with van der Waals surface area (Å²) < 4.78 is 24.8. The molecule has 0 aliphatic carbocycles. The molecule has 1 N–H and O–H groups in total. The molecule has 0 spiro atoms. The monoisotopic (exact) mass is 315 g/mol. The van der Waals surface area contributed by atoms with Gasteiger partial charge in [0.25, 0.3) is 5.91 Å². The SMILES string of the molecule is CCC(NC(=O)c1ccccc1F)c1ccc2c(c1)OCCO2. The zero-order valence-electron chi connectivity index (χ0n) is 12.8. The van der Waals surface area contributed by atoms with Crippen molar-refractivity contribution in [2.45, 2.75) is 19.4 Å². The summed E-state index contributed by atoms with van der Waals surface area (Å²) in [6, 6.07) is 11.3. The molecule has 120 valence electrons. The molecular weight excluding hydrogens is 297 g/mol. The molecule has 1 atom stereocenters. The Balaban J connectivity index is 1.80. The summed E-state index contributed by atoms with van der Waals surface area (Å²) in [6.07, 6.45) is 0.680. The number of hydrogen-bond donors (Lipinski definition) is 1. The molecule has 0 bridgehead atoms. The lowest BCUT2D eigenvalue weighted by atomic mass is 10.0. The van der Waals surface area contributed by atoms with E-state index in [9.17, 15) is 9.18 Å². The highest BCUT2D eigenvalue weighted by molar-refractivity contribution is 5.94. The third-order valence-electron chi connectivity index (χ3n) is 3.80. The van der Waals surface area contributed by atoms with Gasteiger partial charge in [-0.25, -0.2) is 4.39 Å². The van der Waals surface area contributed by atoms with E-state index in [2.05, 4.69) is 5.32 Å². The Morgan fingerprint density at radius 1 is 1.17 bits per heavy atom. The normalized spacial score (nSPS) is 14.2. The van der Waals surface area contributed by atoms with Gasteiger partial charge in [-0.2, -0.15) is 0 Å². The number of halogens is 1. The molecule has 4 nitrogen and oxygen atoms in total. The number of carbonyl (C=O) groups is 1. The number of hydrogen-bond acceptors (Lipinski definition) is 3. The van der Waals surface area contributed by atoms with Crippen LogP contribution in [-0.2, 0) is 0 Å². The molecule has 0 fully saturated rings. The summed E-state index contributed by atoms with van der Waals surface area (Å²) in [6.45, 7) is 3.01. The summed E-state index contributed by atoms with van der Waals surface area (Å²) in [5.41, 5.74) is 0.949. The lowest BCUT2D eigenvalue weighted by Gasteiger charge is -2.22. The maximum atomic E-state index is 13.7. The van der Waals surface area contributed by atoms with Crippen LogP contribution in [0.3, 0.4) is 0 Å². The zero-order valence-corrected chi connectivity index (χ0v) is 12.8. The summed E-state index contributed by atoms with van der Waals surface area (Å²) in [5.74, 6) is 0.425. The van der Waals surface area contributed by atoms with E-state index in [1.807, 2.05) is 25.1 Å². The fourth-order valence-corrected chi connectivity index (χ4v) is 2.58. The largest absolute Gasteiger partial charge is 0.486 e. The van der Waals surface area contributed by atoms with Gasteiger partial charge >= 0.3 is 0 Å². The topological polar surface area (TPSA) is 47.6 Å². The summed E-state index contributed by atoms with van der Waals surface area (Å²) in [4.78, 5) is 12.3. The van der Waals surface area contributed by atoms with Gasteiger partial charge in [-0.3, -0.25) is 4.79 Å². The van der Waals surface area contributed by atoms with Crippen LogP contribution < -0.4 is 14.8 Å². The van der Waals surface area contributed by atoms with Crippen LogP contribution in [0.2, 0.25) is 0 Å². The van der Waals surface area contributed by atoms with E-state index >= 15 is 0 Å². The molecule has 0 saturated heterocycles. The second-order valence-corrected chi connectivity index (χ2v) is 5.32. The minimum Gasteiger partial charge on any atom is -0.486 e. The molecule has 1 aliphatic heterocycles. The van der Waals surface area contributed by atoms with Crippen molar-refractivity contribution < 1.29 is 18.7 Å². The molecule has 0 aromatic heterocycles. The Morgan fingerprint density at radius 3 is 2.65 bits per heavy atom. The molecule has 1 amide bonds. The number of amides is 1. The Kier molecular flexibility index (Phi) is 4.46. The first-order chi connectivity index (χ1) is 11.2. The van der Waals surface area contributed by atoms with E-state index in [-0.39, 0.29) is 11.6 Å². The van der Waals surface area contributed by atoms with Crippen molar-refractivity contribution in [1.82, 2.24) is 5.32 Å². The van der Waals surface area contributed by atoms with Crippen molar-refractivity contribution in [3.05, 3.63) is 59.4 Å². The molecule has 3 rings (SSSR count). The average molecular weight is 315 g/mol. The van der Waals surface area contributed by atoms with Crippen LogP contribution in [0.5, 0.6) is 11.5 Å². The fraction of sp³-hybridized carbons (Fsp3) is 0.278. The molecule has 0 radical (unpaired) electrons. The Bertz CT molecular complexity index is 717. The van der Waals surface area contributed by atoms with E-state index in [1.165, 1.54) is 12.1 Å². The third kappa shape index (κ3) is 3.28. The van der Waals surface area contributed by atoms with E-state index in [0.29, 0.717) is 31.1 Å². The summed E-state index contributed by atoms with van der Waals surface area (Å²) in [5, 5.41) is 2.87. The number of rotatable bonds is 4. The van der Waals surface area contributed by atoms with Gasteiger partial charge in [0.1, 0.15) is 19.0 Å². The highest BCUT2D eigenvalue weighted by Gasteiger charge is 2.19. The lowest BCUT2D eigenvalue weighted by Crippen LogP contribution is -2.29. The highest BCUT2D eigenvalue weighted by atomic mass is 19.1. The van der Waals surface area contributed by atoms with Crippen molar-refractivity contribution in [2.24, 2.45) is 0 Å². The molecule has 2 aromatic rings. The molecule has 2 aromatic carbocycles. The van der Waals surface area contributed by atoms with Gasteiger partial charge in [0.2, 0.25) is 0 Å². The second-order valence-electron chi connectivity index (χ2n) is 5.32. The Labute approximate surface area is 134 Å². The third-order valence-corrected chi connectivity index (χ3v) is 3.80. The van der Waals surface area contributed by atoms with Crippen LogP contribution in [0.1, 0.15) is 35.3 Å². The predicted octanol–water partition coefficient (Wildman–Crippen LogP) is 3.48. The first kappa shape index (κ1) is 15.3. The Hall–Kier alpha value is -2.56. The lowest BCUT2D eigenvalue weighted by molar-refractivity contribution is 0.0931. The summed E-state index contributed by atoms with van der Waals surface area (Å²) >= 11 is 0. The highest BCUT2D eigenvalue weighted by Crippen LogP contribution is 2.33. The van der Waals surface area contributed by atoms with Gasteiger partial charge < -0.3 is 14.8 Å². The van der Waals surface area contributed by atoms with E-state index in [4.69, 9.17) is 9.47 Å². The molecular formula is C18H18FNO3. The van der Waals surface area contributed by atoms with Crippen molar-refractivity contribution in [2.75, 3.05) is 13.2 Å². The zero-order chi connectivity index (χ0) is 16.2. The van der Waals surface area contributed by atoms with Crippen LogP contribution in [0.25, 0.3) is 0 Å². The minimum absolute atomic E-state index is 0.0449. The molecule has 5 heteroatoms. The van der Waals surface area contributed by atoms with E-state index in [0.717, 1.165) is 5.56 Å². The van der Waals surface area contributed by atoms with Crippen molar-refractivity contribution in [1.29, 1.82) is 0 Å². The quantitative estimate of drug-likeness (QED) is 0.939. The van der Waals surface area contributed by atoms with Gasteiger partial charge in [-0.15, -0.1) is 0 Å². The molecule has 1 unspecified atom stereocenters. The van der Waals surface area contributed by atoms with E-state index in [1.54, 1.807) is 12.1 Å². The van der Waals surface area contributed by atoms with Crippen LogP contribution in [0, 0.1) is 5.82 Å². The number of benzene rings is 2. The predicted molar refractivity (Wildman–Crippen MR) is 84.3 cm³/mol. The summed E-state index contributed by atoms with van der Waals surface area (Å²) in [7, 11) is 0. The number of fused-ring (bicyclic) bond motifs is 1. The maximum absolute atomic E-state index is 13.7. The molecule has 1 aliphatic rings. The maximum Gasteiger partial charge on any atom is 0.254 e. The molecule has 0 saturated carbocycles.